The number of rotatable bonds is 7. The summed E-state index contributed by atoms with van der Waals surface area (Å²) in [5, 5.41) is 0. The molecule has 1 fully saturated rings. The predicted molar refractivity (Wildman–Crippen MR) is 101 cm³/mol. The molecular formula is C22H25NO3. The van der Waals surface area contributed by atoms with Crippen LogP contribution in [0.1, 0.15) is 46.8 Å². The number of hydrogen-bond donors (Lipinski definition) is 0. The van der Waals surface area contributed by atoms with Gasteiger partial charge in [-0.2, -0.15) is 0 Å². The first-order chi connectivity index (χ1) is 12.5. The fraction of sp³-hybridized carbons (Fsp3) is 0.364. The van der Waals surface area contributed by atoms with Gasteiger partial charge in [0.05, 0.1) is 13.5 Å². The summed E-state index contributed by atoms with van der Waals surface area (Å²) in [4.78, 5) is 26.7. The van der Waals surface area contributed by atoms with Crippen LogP contribution in [0.3, 0.4) is 0 Å². The molecule has 0 bridgehead atoms. The molecule has 26 heavy (non-hydrogen) atoms. The smallest absolute Gasteiger partial charge is 0.227 e. The number of nitrogens with zero attached hydrogens (tertiary/aromatic N) is 1. The molecule has 0 radical (unpaired) electrons. The van der Waals surface area contributed by atoms with E-state index in [2.05, 4.69) is 25.1 Å². The Morgan fingerprint density at radius 3 is 2.54 bits per heavy atom. The van der Waals surface area contributed by atoms with Gasteiger partial charge in [-0.3, -0.25) is 9.59 Å². The number of benzene rings is 2. The Kier molecular flexibility index (Phi) is 5.40. The number of amides is 1. The number of carbonyl (C=O) groups excluding carboxylic acids is 2. The maximum absolute atomic E-state index is 13.0. The lowest BCUT2D eigenvalue weighted by molar-refractivity contribution is -0.131. The van der Waals surface area contributed by atoms with E-state index in [0.29, 0.717) is 23.9 Å². The Balaban J connectivity index is 1.80. The van der Waals surface area contributed by atoms with Crippen molar-refractivity contribution in [1.29, 1.82) is 0 Å². The third-order valence-corrected chi connectivity index (χ3v) is 4.77. The zero-order valence-corrected chi connectivity index (χ0v) is 15.6. The molecule has 1 aliphatic carbocycles. The number of hydrogen-bond acceptors (Lipinski definition) is 3. The second-order valence-electron chi connectivity index (χ2n) is 7.00. The molecule has 1 saturated carbocycles. The van der Waals surface area contributed by atoms with Crippen LogP contribution in [-0.2, 0) is 17.8 Å². The first-order valence-corrected chi connectivity index (χ1v) is 9.01. The van der Waals surface area contributed by atoms with E-state index in [0.717, 1.165) is 24.0 Å². The molecule has 4 heteroatoms. The SMILES string of the molecule is COc1ccc(C(C)=O)cc1CC(=O)N(Cc1cccc(C)c1)C1CC1. The van der Waals surface area contributed by atoms with Crippen molar-refractivity contribution >= 4 is 11.7 Å². The summed E-state index contributed by atoms with van der Waals surface area (Å²) >= 11 is 0. The second kappa shape index (κ2) is 7.73. The number of methoxy groups -OCH3 is 1. The van der Waals surface area contributed by atoms with Gasteiger partial charge in [-0.1, -0.05) is 29.8 Å². The Bertz CT molecular complexity index is 824. The number of carbonyl (C=O) groups is 2. The van der Waals surface area contributed by atoms with Crippen LogP contribution in [0.25, 0.3) is 0 Å². The highest BCUT2D eigenvalue weighted by Gasteiger charge is 2.32. The van der Waals surface area contributed by atoms with E-state index in [-0.39, 0.29) is 18.1 Å². The zero-order chi connectivity index (χ0) is 18.7. The molecule has 0 atom stereocenters. The summed E-state index contributed by atoms with van der Waals surface area (Å²) < 4.78 is 5.39. The zero-order valence-electron chi connectivity index (χ0n) is 15.6. The molecule has 0 N–H and O–H groups in total. The van der Waals surface area contributed by atoms with Gasteiger partial charge in [0.1, 0.15) is 5.75 Å². The Hall–Kier alpha value is -2.62. The number of ketones is 1. The van der Waals surface area contributed by atoms with E-state index in [4.69, 9.17) is 4.74 Å². The van der Waals surface area contributed by atoms with Crippen molar-refractivity contribution in [2.75, 3.05) is 7.11 Å². The van der Waals surface area contributed by atoms with Crippen LogP contribution < -0.4 is 4.74 Å². The summed E-state index contributed by atoms with van der Waals surface area (Å²) in [5.41, 5.74) is 3.71. The van der Waals surface area contributed by atoms with Gasteiger partial charge >= 0.3 is 0 Å². The first kappa shape index (κ1) is 18.2. The molecule has 0 saturated heterocycles. The molecule has 2 aromatic rings. The normalized spacial score (nSPS) is 13.3. The molecule has 3 rings (SSSR count). The number of ether oxygens (including phenoxy) is 1. The van der Waals surface area contributed by atoms with E-state index in [1.165, 1.54) is 12.5 Å². The Morgan fingerprint density at radius 1 is 1.15 bits per heavy atom. The lowest BCUT2D eigenvalue weighted by Gasteiger charge is -2.23. The van der Waals surface area contributed by atoms with Crippen molar-refractivity contribution in [3.63, 3.8) is 0 Å². The third kappa shape index (κ3) is 4.31. The second-order valence-corrected chi connectivity index (χ2v) is 7.00. The maximum atomic E-state index is 13.0. The summed E-state index contributed by atoms with van der Waals surface area (Å²) in [7, 11) is 1.59. The van der Waals surface area contributed by atoms with Crippen molar-refractivity contribution in [3.8, 4) is 5.75 Å². The molecule has 0 aromatic heterocycles. The van der Waals surface area contributed by atoms with Crippen molar-refractivity contribution < 1.29 is 14.3 Å². The summed E-state index contributed by atoms with van der Waals surface area (Å²) in [6.07, 6.45) is 2.36. The van der Waals surface area contributed by atoms with E-state index < -0.39 is 0 Å². The summed E-state index contributed by atoms with van der Waals surface area (Å²) in [5.74, 6) is 0.711. The van der Waals surface area contributed by atoms with Crippen LogP contribution >= 0.6 is 0 Å². The Labute approximate surface area is 154 Å². The number of aryl methyl sites for hydroxylation is 1. The summed E-state index contributed by atoms with van der Waals surface area (Å²) in [6, 6.07) is 13.9. The van der Waals surface area contributed by atoms with E-state index in [1.807, 2.05) is 11.0 Å². The van der Waals surface area contributed by atoms with Crippen LogP contribution in [0, 0.1) is 6.92 Å². The minimum atomic E-state index is -0.0137. The highest BCUT2D eigenvalue weighted by atomic mass is 16.5. The lowest BCUT2D eigenvalue weighted by atomic mass is 10.0. The average molecular weight is 351 g/mol. The van der Waals surface area contributed by atoms with Crippen molar-refractivity contribution in [2.45, 2.75) is 45.7 Å². The molecule has 0 heterocycles. The molecule has 1 aliphatic rings. The molecule has 136 valence electrons. The topological polar surface area (TPSA) is 46.6 Å². The van der Waals surface area contributed by atoms with Gasteiger partial charge in [-0.05, 0) is 50.5 Å². The van der Waals surface area contributed by atoms with Gasteiger partial charge < -0.3 is 9.64 Å². The monoisotopic (exact) mass is 351 g/mol. The van der Waals surface area contributed by atoms with Gasteiger partial charge in [0.2, 0.25) is 5.91 Å². The molecule has 4 nitrogen and oxygen atoms in total. The fourth-order valence-corrected chi connectivity index (χ4v) is 3.21. The van der Waals surface area contributed by atoms with Gasteiger partial charge in [-0.25, -0.2) is 0 Å². The summed E-state index contributed by atoms with van der Waals surface area (Å²) in [6.45, 7) is 4.21. The molecule has 0 spiro atoms. The van der Waals surface area contributed by atoms with Crippen molar-refractivity contribution in [3.05, 3.63) is 64.7 Å². The molecule has 0 aliphatic heterocycles. The van der Waals surface area contributed by atoms with Gasteiger partial charge in [-0.15, -0.1) is 0 Å². The quantitative estimate of drug-likeness (QED) is 0.710. The Morgan fingerprint density at radius 2 is 1.92 bits per heavy atom. The minimum Gasteiger partial charge on any atom is -0.496 e. The van der Waals surface area contributed by atoms with E-state index in [1.54, 1.807) is 25.3 Å². The first-order valence-electron chi connectivity index (χ1n) is 9.01. The molecule has 0 unspecified atom stereocenters. The average Bonchev–Trinajstić information content (AvgIpc) is 3.44. The lowest BCUT2D eigenvalue weighted by Crippen LogP contribution is -2.34. The fourth-order valence-electron chi connectivity index (χ4n) is 3.21. The van der Waals surface area contributed by atoms with Gasteiger partial charge in [0, 0.05) is 23.7 Å². The van der Waals surface area contributed by atoms with Crippen molar-refractivity contribution in [2.24, 2.45) is 0 Å². The largest absolute Gasteiger partial charge is 0.496 e. The maximum Gasteiger partial charge on any atom is 0.227 e. The van der Waals surface area contributed by atoms with Crippen LogP contribution in [0.5, 0.6) is 5.75 Å². The molecule has 1 amide bonds. The van der Waals surface area contributed by atoms with Crippen LogP contribution in [0.2, 0.25) is 0 Å². The highest BCUT2D eigenvalue weighted by Crippen LogP contribution is 2.30. The third-order valence-electron chi connectivity index (χ3n) is 4.77. The van der Waals surface area contributed by atoms with E-state index in [9.17, 15) is 9.59 Å². The minimum absolute atomic E-state index is 0.0137. The van der Waals surface area contributed by atoms with Crippen LogP contribution in [-0.4, -0.2) is 29.7 Å². The van der Waals surface area contributed by atoms with Crippen molar-refractivity contribution in [1.82, 2.24) is 4.90 Å². The van der Waals surface area contributed by atoms with Gasteiger partial charge in [0.15, 0.2) is 5.78 Å². The molecule has 2 aromatic carbocycles. The van der Waals surface area contributed by atoms with Crippen LogP contribution in [0.15, 0.2) is 42.5 Å². The predicted octanol–water partition coefficient (Wildman–Crippen LogP) is 3.94. The standard InChI is InChI=1S/C22H25NO3/c1-15-5-4-6-17(11-15)14-23(20-8-9-20)22(25)13-19-12-18(16(2)24)7-10-21(19)26-3/h4-7,10-12,20H,8-9,13-14H2,1-3H3. The van der Waals surface area contributed by atoms with Gasteiger partial charge in [0.25, 0.3) is 0 Å². The van der Waals surface area contributed by atoms with E-state index >= 15 is 0 Å². The highest BCUT2D eigenvalue weighted by molar-refractivity contribution is 5.94. The molecular weight excluding hydrogens is 326 g/mol. The van der Waals surface area contributed by atoms with Crippen LogP contribution in [0.4, 0.5) is 0 Å². The number of Topliss-reactive ketones (excluding diaryl/α,β-unsaturated/α-hetero) is 1.